The molecule has 0 aromatic heterocycles. The summed E-state index contributed by atoms with van der Waals surface area (Å²) >= 11 is 0. The van der Waals surface area contributed by atoms with E-state index < -0.39 is 24.3 Å². The van der Waals surface area contributed by atoms with E-state index in [9.17, 15) is 19.5 Å². The average Bonchev–Trinajstić information content (AvgIpc) is 3.64. The molecule has 0 fully saturated rings. The number of esters is 2. The first kappa shape index (κ1) is 84.4. The van der Waals surface area contributed by atoms with Crippen LogP contribution in [-0.4, -0.2) is 87.4 Å². The topological polar surface area (TPSA) is 108 Å². The minimum atomic E-state index is -1.53. The van der Waals surface area contributed by atoms with Crippen LogP contribution in [0, 0.1) is 0 Å². The number of carboxylic acids is 1. The Bertz CT molecular complexity index is 1930. The van der Waals surface area contributed by atoms with Gasteiger partial charge in [-0.2, -0.15) is 0 Å². The van der Waals surface area contributed by atoms with Crippen LogP contribution in [0.15, 0.2) is 134 Å². The molecule has 0 radical (unpaired) electrons. The Morgan fingerprint density at radius 1 is 0.337 bits per heavy atom. The summed E-state index contributed by atoms with van der Waals surface area (Å²) in [6, 6.07) is 0. The highest BCUT2D eigenvalue weighted by atomic mass is 16.7. The van der Waals surface area contributed by atoms with Crippen molar-refractivity contribution in [1.29, 1.82) is 0 Å². The lowest BCUT2D eigenvalue weighted by atomic mass is 10.0. The van der Waals surface area contributed by atoms with Gasteiger partial charge in [0.05, 0.1) is 34.4 Å². The standard InChI is InChI=1S/C80H135NO8/c1-6-8-10-12-14-16-18-20-22-24-26-28-30-32-33-34-35-36-37-38-39-40-41-42-43-44-45-47-48-50-52-54-56-58-60-62-64-66-68-70-77(82)87-74-76(75-88-80(79(84)85)86-73-72-81(3,4)5)89-78(83)71-69-67-65-63-61-59-57-55-53-51-49-46-31-29-27-25-23-21-19-17-15-13-11-9-7-2/h8-11,14-17,20-23,26-29,46,49,53,55,59,61,76,80H,6-7,12-13,18-19,24-25,30-45,47-48,50-52,54,56-58,60,62-75H2,1-5H3/p+1/b10-8-,11-9-,16-14-,17-15-,22-20-,23-21-,28-26-,29-27-,49-46-,55-53-,61-59-. The van der Waals surface area contributed by atoms with Crippen molar-refractivity contribution in [3.05, 3.63) is 134 Å². The summed E-state index contributed by atoms with van der Waals surface area (Å²) in [6.45, 7) is 4.62. The van der Waals surface area contributed by atoms with Gasteiger partial charge in [0, 0.05) is 12.8 Å². The first-order chi connectivity index (χ1) is 43.6. The molecular weight excluding hydrogens is 1100 g/mol. The predicted molar refractivity (Wildman–Crippen MR) is 382 cm³/mol. The fourth-order valence-corrected chi connectivity index (χ4v) is 9.93. The van der Waals surface area contributed by atoms with Gasteiger partial charge < -0.3 is 28.5 Å². The second-order valence-electron chi connectivity index (χ2n) is 25.1. The van der Waals surface area contributed by atoms with E-state index >= 15 is 0 Å². The van der Waals surface area contributed by atoms with Crippen molar-refractivity contribution >= 4 is 17.9 Å². The monoisotopic (exact) mass is 1240 g/mol. The second kappa shape index (κ2) is 69.3. The first-order valence-corrected chi connectivity index (χ1v) is 36.3. The maximum atomic E-state index is 12.9. The normalized spacial score (nSPS) is 13.5. The Morgan fingerprint density at radius 3 is 0.910 bits per heavy atom. The summed E-state index contributed by atoms with van der Waals surface area (Å²) in [4.78, 5) is 37.6. The van der Waals surface area contributed by atoms with E-state index in [1.165, 1.54) is 154 Å². The van der Waals surface area contributed by atoms with Gasteiger partial charge in [-0.15, -0.1) is 0 Å². The van der Waals surface area contributed by atoms with Crippen LogP contribution in [0.4, 0.5) is 0 Å². The van der Waals surface area contributed by atoms with Crippen LogP contribution in [0.3, 0.4) is 0 Å². The number of carbonyl (C=O) groups is 3. The van der Waals surface area contributed by atoms with Gasteiger partial charge in [0.2, 0.25) is 0 Å². The average molecular weight is 1240 g/mol. The minimum absolute atomic E-state index is 0.176. The van der Waals surface area contributed by atoms with Gasteiger partial charge in [-0.05, 0) is 109 Å². The Labute approximate surface area is 548 Å². The van der Waals surface area contributed by atoms with Crippen LogP contribution < -0.4 is 0 Å². The third-order valence-electron chi connectivity index (χ3n) is 15.4. The molecule has 0 rings (SSSR count). The molecule has 0 aliphatic rings. The van der Waals surface area contributed by atoms with E-state index in [1.807, 2.05) is 21.1 Å². The third-order valence-corrected chi connectivity index (χ3v) is 15.4. The molecule has 0 aliphatic heterocycles. The third kappa shape index (κ3) is 70.7. The van der Waals surface area contributed by atoms with E-state index in [1.54, 1.807) is 0 Å². The van der Waals surface area contributed by atoms with E-state index in [2.05, 4.69) is 148 Å². The fourth-order valence-electron chi connectivity index (χ4n) is 9.93. The van der Waals surface area contributed by atoms with Crippen molar-refractivity contribution in [3.63, 3.8) is 0 Å². The molecule has 0 amide bonds. The lowest BCUT2D eigenvalue weighted by Crippen LogP contribution is -2.40. The summed E-state index contributed by atoms with van der Waals surface area (Å²) in [6.07, 6.45) is 97.3. The smallest absolute Gasteiger partial charge is 0.361 e. The summed E-state index contributed by atoms with van der Waals surface area (Å²) < 4.78 is 22.9. The lowest BCUT2D eigenvalue weighted by molar-refractivity contribution is -0.870. The van der Waals surface area contributed by atoms with E-state index in [4.69, 9.17) is 18.9 Å². The highest BCUT2D eigenvalue weighted by Crippen LogP contribution is 2.18. The molecule has 0 spiro atoms. The Kier molecular flexibility index (Phi) is 65.8. The van der Waals surface area contributed by atoms with Crippen LogP contribution in [0.1, 0.15) is 296 Å². The molecule has 9 nitrogen and oxygen atoms in total. The number of rotatable bonds is 66. The first-order valence-electron chi connectivity index (χ1n) is 36.3. The zero-order chi connectivity index (χ0) is 64.7. The molecule has 2 atom stereocenters. The number of quaternary nitrogens is 1. The number of hydrogen-bond acceptors (Lipinski definition) is 7. The van der Waals surface area contributed by atoms with Gasteiger partial charge in [0.25, 0.3) is 6.29 Å². The van der Waals surface area contributed by atoms with Gasteiger partial charge >= 0.3 is 17.9 Å². The lowest BCUT2D eigenvalue weighted by Gasteiger charge is -2.25. The molecule has 0 bridgehead atoms. The molecule has 9 heteroatoms. The van der Waals surface area contributed by atoms with Gasteiger partial charge in [-0.3, -0.25) is 9.59 Å². The fraction of sp³-hybridized carbons (Fsp3) is 0.688. The number of hydrogen-bond donors (Lipinski definition) is 1. The minimum Gasteiger partial charge on any atom is -0.477 e. The van der Waals surface area contributed by atoms with E-state index in [0.717, 1.165) is 109 Å². The molecule has 0 heterocycles. The van der Waals surface area contributed by atoms with Crippen LogP contribution in [0.5, 0.6) is 0 Å². The number of nitrogens with zero attached hydrogens (tertiary/aromatic N) is 1. The molecule has 0 saturated carbocycles. The molecule has 0 saturated heterocycles. The Hall–Kier alpha value is -4.57. The molecule has 89 heavy (non-hydrogen) atoms. The van der Waals surface area contributed by atoms with Crippen LogP contribution in [0.2, 0.25) is 0 Å². The van der Waals surface area contributed by atoms with Crippen molar-refractivity contribution in [2.24, 2.45) is 0 Å². The number of allylic oxidation sites excluding steroid dienone is 22. The maximum absolute atomic E-state index is 12.9. The number of likely N-dealkylation sites (N-methyl/N-ethyl adjacent to an activating group) is 1. The molecule has 1 N–H and O–H groups in total. The van der Waals surface area contributed by atoms with Crippen LogP contribution >= 0.6 is 0 Å². The summed E-state index contributed by atoms with van der Waals surface area (Å²) in [7, 11) is 5.96. The Balaban J connectivity index is 4.07. The van der Waals surface area contributed by atoms with Crippen LogP contribution in [0.25, 0.3) is 0 Å². The van der Waals surface area contributed by atoms with E-state index in [-0.39, 0.29) is 32.2 Å². The van der Waals surface area contributed by atoms with Crippen molar-refractivity contribution in [3.8, 4) is 0 Å². The number of carbonyl (C=O) groups excluding carboxylic acids is 2. The van der Waals surface area contributed by atoms with Crippen molar-refractivity contribution in [2.75, 3.05) is 47.5 Å². The van der Waals surface area contributed by atoms with Crippen molar-refractivity contribution in [1.82, 2.24) is 0 Å². The van der Waals surface area contributed by atoms with Gasteiger partial charge in [0.1, 0.15) is 13.2 Å². The quantitative estimate of drug-likeness (QED) is 0.0211. The van der Waals surface area contributed by atoms with Crippen molar-refractivity contribution in [2.45, 2.75) is 309 Å². The second-order valence-corrected chi connectivity index (χ2v) is 25.1. The summed E-state index contributed by atoms with van der Waals surface area (Å²) in [5.74, 6) is -2.05. The zero-order valence-electron chi connectivity index (χ0n) is 58.0. The maximum Gasteiger partial charge on any atom is 0.361 e. The van der Waals surface area contributed by atoms with Crippen molar-refractivity contribution < 1.29 is 42.9 Å². The SMILES string of the molecule is CC/C=C\C/C=C\C/C=C\C/C=C\C/C=C\C/C=C\C/C=C\CCCCCC(=O)OC(COC(=O)CCCCCCCCCCCCCCCCCCCCCCCCCCCC/C=C\C/C=C\C/C=C\C/C=C\CC)COC(OCC[N+](C)(C)C)C(=O)O. The van der Waals surface area contributed by atoms with Gasteiger partial charge in [0.15, 0.2) is 6.10 Å². The largest absolute Gasteiger partial charge is 0.477 e. The molecule has 0 aromatic rings. The van der Waals surface area contributed by atoms with E-state index in [0.29, 0.717) is 23.9 Å². The summed E-state index contributed by atoms with van der Waals surface area (Å²) in [5.41, 5.74) is 0. The number of ether oxygens (including phenoxy) is 4. The molecule has 0 aliphatic carbocycles. The van der Waals surface area contributed by atoms with Crippen LogP contribution in [-0.2, 0) is 33.3 Å². The zero-order valence-corrected chi connectivity index (χ0v) is 58.0. The molecule has 508 valence electrons. The molecule has 2 unspecified atom stereocenters. The predicted octanol–water partition coefficient (Wildman–Crippen LogP) is 22.9. The highest BCUT2D eigenvalue weighted by Gasteiger charge is 2.25. The number of unbranched alkanes of at least 4 members (excludes halogenated alkanes) is 29. The molecule has 0 aromatic carbocycles. The summed E-state index contributed by atoms with van der Waals surface area (Å²) in [5, 5.41) is 9.75. The molecular formula is C80H136NO8+. The Morgan fingerprint density at radius 2 is 0.607 bits per heavy atom. The van der Waals surface area contributed by atoms with Gasteiger partial charge in [-0.25, -0.2) is 4.79 Å². The number of carboxylic acid groups (broad SMARTS) is 1. The highest BCUT2D eigenvalue weighted by molar-refractivity contribution is 5.71. The van der Waals surface area contributed by atoms with Gasteiger partial charge in [-0.1, -0.05) is 308 Å². The number of aliphatic carboxylic acids is 1.